The predicted octanol–water partition coefficient (Wildman–Crippen LogP) is 0.673. The monoisotopic (exact) mass is 315 g/mol. The van der Waals surface area contributed by atoms with Crippen molar-refractivity contribution >= 4 is 15.7 Å². The first-order valence-electron chi connectivity index (χ1n) is 6.49. The lowest BCUT2D eigenvalue weighted by molar-refractivity contribution is -0.386. The van der Waals surface area contributed by atoms with E-state index in [2.05, 4.69) is 5.32 Å². The van der Waals surface area contributed by atoms with Gasteiger partial charge in [-0.1, -0.05) is 0 Å². The number of aromatic hydroxyl groups is 1. The van der Waals surface area contributed by atoms with Crippen molar-refractivity contribution in [3.63, 3.8) is 0 Å². The quantitative estimate of drug-likeness (QED) is 0.610. The molecule has 1 heterocycles. The zero-order valence-corrected chi connectivity index (χ0v) is 12.3. The summed E-state index contributed by atoms with van der Waals surface area (Å²) in [6.45, 7) is 1.17. The molecule has 0 amide bonds. The highest BCUT2D eigenvalue weighted by Gasteiger charge is 2.27. The summed E-state index contributed by atoms with van der Waals surface area (Å²) >= 11 is 0. The molecular weight excluding hydrogens is 298 g/mol. The van der Waals surface area contributed by atoms with Crippen LogP contribution in [0, 0.1) is 10.1 Å². The van der Waals surface area contributed by atoms with Gasteiger partial charge in [0.25, 0.3) is 0 Å². The molecule has 1 saturated heterocycles. The summed E-state index contributed by atoms with van der Waals surface area (Å²) in [6.07, 6.45) is 1.90. The molecule has 1 aliphatic rings. The molecule has 8 nitrogen and oxygen atoms in total. The van der Waals surface area contributed by atoms with Crippen LogP contribution in [-0.4, -0.2) is 48.9 Å². The van der Waals surface area contributed by atoms with Crippen molar-refractivity contribution in [2.24, 2.45) is 0 Å². The number of nitrogens with zero attached hydrogens (tertiary/aromatic N) is 2. The minimum atomic E-state index is -3.82. The van der Waals surface area contributed by atoms with Gasteiger partial charge in [0.05, 0.1) is 9.82 Å². The van der Waals surface area contributed by atoms with E-state index in [1.54, 1.807) is 0 Å². The Morgan fingerprint density at radius 2 is 2.24 bits per heavy atom. The highest BCUT2D eigenvalue weighted by atomic mass is 32.2. The van der Waals surface area contributed by atoms with Crippen LogP contribution in [-0.2, 0) is 10.0 Å². The number of nitro groups is 1. The molecule has 0 aliphatic carbocycles. The molecule has 2 N–H and O–H groups in total. The number of sulfonamides is 1. The number of likely N-dealkylation sites (N-methyl/N-ethyl adjacent to an activating group) is 1. The molecule has 1 atom stereocenters. The van der Waals surface area contributed by atoms with Crippen molar-refractivity contribution < 1.29 is 18.4 Å². The van der Waals surface area contributed by atoms with Crippen LogP contribution in [0.5, 0.6) is 5.75 Å². The third-order valence-electron chi connectivity index (χ3n) is 3.49. The molecule has 1 aliphatic heterocycles. The second-order valence-electron chi connectivity index (χ2n) is 4.99. The average molecular weight is 315 g/mol. The van der Waals surface area contributed by atoms with Gasteiger partial charge in [-0.15, -0.1) is 0 Å². The number of phenols is 1. The van der Waals surface area contributed by atoms with E-state index in [4.69, 9.17) is 0 Å². The van der Waals surface area contributed by atoms with Gasteiger partial charge >= 0.3 is 5.69 Å². The maximum Gasteiger partial charge on any atom is 0.312 e. The third kappa shape index (κ3) is 3.31. The van der Waals surface area contributed by atoms with Gasteiger partial charge in [-0.2, -0.15) is 4.31 Å². The Morgan fingerprint density at radius 1 is 1.52 bits per heavy atom. The second kappa shape index (κ2) is 5.96. The fourth-order valence-electron chi connectivity index (χ4n) is 2.31. The SMILES string of the molecule is CN(CC1CCCN1)S(=O)(=O)c1ccc(O)c([N+](=O)[O-])c1. The highest BCUT2D eigenvalue weighted by Crippen LogP contribution is 2.29. The summed E-state index contributed by atoms with van der Waals surface area (Å²) in [5.74, 6) is -0.556. The van der Waals surface area contributed by atoms with Gasteiger partial charge in [0.15, 0.2) is 5.75 Å². The molecule has 2 rings (SSSR count). The molecule has 1 fully saturated rings. The topological polar surface area (TPSA) is 113 Å². The molecule has 1 unspecified atom stereocenters. The zero-order valence-electron chi connectivity index (χ0n) is 11.5. The van der Waals surface area contributed by atoms with Crippen LogP contribution in [0.1, 0.15) is 12.8 Å². The fourth-order valence-corrected chi connectivity index (χ4v) is 3.55. The molecule has 9 heteroatoms. The van der Waals surface area contributed by atoms with Gasteiger partial charge in [0.1, 0.15) is 0 Å². The standard InChI is InChI=1S/C12H17N3O5S/c1-14(8-9-3-2-6-13-9)21(19,20)10-4-5-12(16)11(7-10)15(17)18/h4-5,7,9,13,16H,2-3,6,8H2,1H3. The van der Waals surface area contributed by atoms with E-state index < -0.39 is 26.4 Å². The number of phenolic OH excluding ortho intramolecular Hbond substituents is 1. The second-order valence-corrected chi connectivity index (χ2v) is 7.03. The number of rotatable bonds is 5. The maximum absolute atomic E-state index is 12.4. The maximum atomic E-state index is 12.4. The summed E-state index contributed by atoms with van der Waals surface area (Å²) in [5.41, 5.74) is -0.622. The van der Waals surface area contributed by atoms with Crippen LogP contribution in [0.2, 0.25) is 0 Å². The smallest absolute Gasteiger partial charge is 0.312 e. The van der Waals surface area contributed by atoms with Crippen LogP contribution in [0.3, 0.4) is 0 Å². The predicted molar refractivity (Wildman–Crippen MR) is 75.6 cm³/mol. The summed E-state index contributed by atoms with van der Waals surface area (Å²) in [5, 5.41) is 23.4. The Kier molecular flexibility index (Phi) is 4.45. The van der Waals surface area contributed by atoms with E-state index in [1.165, 1.54) is 11.4 Å². The van der Waals surface area contributed by atoms with E-state index >= 15 is 0 Å². The van der Waals surface area contributed by atoms with Gasteiger partial charge in [-0.05, 0) is 31.5 Å². The molecule has 116 valence electrons. The van der Waals surface area contributed by atoms with Gasteiger partial charge in [0, 0.05) is 25.7 Å². The molecule has 0 spiro atoms. The first kappa shape index (κ1) is 15.7. The largest absolute Gasteiger partial charge is 0.502 e. The summed E-state index contributed by atoms with van der Waals surface area (Å²) < 4.78 is 26.0. The molecule has 0 radical (unpaired) electrons. The average Bonchev–Trinajstić information content (AvgIpc) is 2.91. The molecular formula is C12H17N3O5S. The number of benzene rings is 1. The number of nitro benzene ring substituents is 1. The lowest BCUT2D eigenvalue weighted by Crippen LogP contribution is -2.38. The molecule has 1 aromatic rings. The molecule has 21 heavy (non-hydrogen) atoms. The normalized spacial score (nSPS) is 19.0. The van der Waals surface area contributed by atoms with Crippen molar-refractivity contribution in [2.45, 2.75) is 23.8 Å². The number of hydrogen-bond acceptors (Lipinski definition) is 6. The highest BCUT2D eigenvalue weighted by molar-refractivity contribution is 7.89. The Morgan fingerprint density at radius 3 is 2.81 bits per heavy atom. The van der Waals surface area contributed by atoms with Crippen molar-refractivity contribution in [2.75, 3.05) is 20.1 Å². The Labute approximate surface area is 122 Å². The lowest BCUT2D eigenvalue weighted by atomic mass is 10.2. The lowest BCUT2D eigenvalue weighted by Gasteiger charge is -2.21. The Hall–Kier alpha value is -1.71. The van der Waals surface area contributed by atoms with Crippen LogP contribution in [0.4, 0.5) is 5.69 Å². The van der Waals surface area contributed by atoms with E-state index in [1.807, 2.05) is 0 Å². The van der Waals surface area contributed by atoms with Crippen LogP contribution in [0.25, 0.3) is 0 Å². The van der Waals surface area contributed by atoms with E-state index in [0.29, 0.717) is 6.54 Å². The van der Waals surface area contributed by atoms with Crippen molar-refractivity contribution in [3.05, 3.63) is 28.3 Å². The molecule has 0 aromatic heterocycles. The number of nitrogens with one attached hydrogen (secondary N) is 1. The van der Waals surface area contributed by atoms with E-state index in [-0.39, 0.29) is 10.9 Å². The van der Waals surface area contributed by atoms with E-state index in [9.17, 15) is 23.6 Å². The minimum absolute atomic E-state index is 0.0943. The molecule has 1 aromatic carbocycles. The van der Waals surface area contributed by atoms with Crippen molar-refractivity contribution in [1.82, 2.24) is 9.62 Å². The summed E-state index contributed by atoms with van der Waals surface area (Å²) in [7, 11) is -2.38. The zero-order chi connectivity index (χ0) is 15.6. The Bertz CT molecular complexity index is 640. The Balaban J connectivity index is 2.26. The van der Waals surface area contributed by atoms with Crippen LogP contribution < -0.4 is 5.32 Å². The fraction of sp³-hybridized carbons (Fsp3) is 0.500. The minimum Gasteiger partial charge on any atom is -0.502 e. The third-order valence-corrected chi connectivity index (χ3v) is 5.31. The van der Waals surface area contributed by atoms with Gasteiger partial charge in [0.2, 0.25) is 10.0 Å². The van der Waals surface area contributed by atoms with Crippen LogP contribution in [0.15, 0.2) is 23.1 Å². The summed E-state index contributed by atoms with van der Waals surface area (Å²) in [6, 6.07) is 3.16. The summed E-state index contributed by atoms with van der Waals surface area (Å²) in [4.78, 5) is 9.76. The first-order chi connectivity index (χ1) is 9.82. The first-order valence-corrected chi connectivity index (χ1v) is 7.93. The molecule has 0 bridgehead atoms. The molecule has 0 saturated carbocycles. The van der Waals surface area contributed by atoms with Gasteiger partial charge in [-0.3, -0.25) is 10.1 Å². The van der Waals surface area contributed by atoms with Gasteiger partial charge < -0.3 is 10.4 Å². The number of hydrogen-bond donors (Lipinski definition) is 2. The van der Waals surface area contributed by atoms with Gasteiger partial charge in [-0.25, -0.2) is 8.42 Å². The van der Waals surface area contributed by atoms with Crippen molar-refractivity contribution in [1.29, 1.82) is 0 Å². The van der Waals surface area contributed by atoms with Crippen molar-refractivity contribution in [3.8, 4) is 5.75 Å². The van der Waals surface area contributed by atoms with E-state index in [0.717, 1.165) is 37.6 Å². The van der Waals surface area contributed by atoms with Crippen LogP contribution >= 0.6 is 0 Å².